The Morgan fingerprint density at radius 3 is 2.00 bits per heavy atom. The monoisotopic (exact) mass is 170 g/mol. The van der Waals surface area contributed by atoms with E-state index in [9.17, 15) is 9.59 Å². The van der Waals surface area contributed by atoms with Gasteiger partial charge in [-0.05, 0) is 6.92 Å². The van der Waals surface area contributed by atoms with Gasteiger partial charge in [0.25, 0.3) is 0 Å². The summed E-state index contributed by atoms with van der Waals surface area (Å²) in [4.78, 5) is 20.9. The molecule has 0 saturated carbocycles. The number of hydrogen-bond donors (Lipinski definition) is 2. The summed E-state index contributed by atoms with van der Waals surface area (Å²) < 4.78 is 0. The van der Waals surface area contributed by atoms with E-state index in [1.54, 1.807) is 0 Å². The number of allylic oxidation sites excluding steroid dienone is 1. The standard InChI is InChI=1S/C8H10O4/c1-3-5(7(9)10)6(4-2)8(11)12/h3-5H,1H2,2H3,(H,9,10)(H,11,12)/b6-4+. The third-order valence-corrected chi connectivity index (χ3v) is 1.39. The first kappa shape index (κ1) is 10.4. The summed E-state index contributed by atoms with van der Waals surface area (Å²) in [6.07, 6.45) is 2.34. The Morgan fingerprint density at radius 2 is 1.92 bits per heavy atom. The predicted molar refractivity (Wildman–Crippen MR) is 42.7 cm³/mol. The number of aliphatic carboxylic acids is 2. The molecule has 0 radical (unpaired) electrons. The SMILES string of the molecule is C=CC(C(=O)O)/C(=C\C)C(=O)O. The van der Waals surface area contributed by atoms with Gasteiger partial charge < -0.3 is 10.2 Å². The summed E-state index contributed by atoms with van der Waals surface area (Å²) in [6.45, 7) is 4.72. The first-order valence-electron chi connectivity index (χ1n) is 3.29. The number of carbonyl (C=O) groups is 2. The zero-order valence-electron chi connectivity index (χ0n) is 6.65. The minimum atomic E-state index is -1.23. The van der Waals surface area contributed by atoms with Crippen LogP contribution in [-0.4, -0.2) is 22.2 Å². The lowest BCUT2D eigenvalue weighted by Gasteiger charge is -2.06. The van der Waals surface area contributed by atoms with Gasteiger partial charge in [0.2, 0.25) is 0 Å². The molecule has 0 aromatic carbocycles. The predicted octanol–water partition coefficient (Wildman–Crippen LogP) is 0.904. The molecular weight excluding hydrogens is 160 g/mol. The molecular formula is C8H10O4. The lowest BCUT2D eigenvalue weighted by atomic mass is 9.99. The molecule has 0 saturated heterocycles. The maximum atomic E-state index is 10.5. The number of rotatable bonds is 4. The average molecular weight is 170 g/mol. The van der Waals surface area contributed by atoms with Crippen LogP contribution in [0, 0.1) is 5.92 Å². The van der Waals surface area contributed by atoms with Gasteiger partial charge in [-0.3, -0.25) is 4.79 Å². The van der Waals surface area contributed by atoms with Gasteiger partial charge >= 0.3 is 11.9 Å². The highest BCUT2D eigenvalue weighted by atomic mass is 16.4. The molecule has 0 amide bonds. The van der Waals surface area contributed by atoms with Crippen molar-refractivity contribution in [3.05, 3.63) is 24.3 Å². The van der Waals surface area contributed by atoms with Crippen molar-refractivity contribution in [3.63, 3.8) is 0 Å². The smallest absolute Gasteiger partial charge is 0.332 e. The first-order valence-corrected chi connectivity index (χ1v) is 3.29. The molecule has 2 N–H and O–H groups in total. The molecule has 12 heavy (non-hydrogen) atoms. The summed E-state index contributed by atoms with van der Waals surface area (Å²) in [5.74, 6) is -3.57. The van der Waals surface area contributed by atoms with E-state index >= 15 is 0 Å². The maximum Gasteiger partial charge on any atom is 0.332 e. The normalized spacial score (nSPS) is 13.6. The fourth-order valence-corrected chi connectivity index (χ4v) is 0.797. The van der Waals surface area contributed by atoms with E-state index in [1.165, 1.54) is 13.0 Å². The fraction of sp³-hybridized carbons (Fsp3) is 0.250. The molecule has 66 valence electrons. The van der Waals surface area contributed by atoms with Gasteiger partial charge in [-0.25, -0.2) is 4.79 Å². The van der Waals surface area contributed by atoms with E-state index in [4.69, 9.17) is 10.2 Å². The van der Waals surface area contributed by atoms with Crippen LogP contribution >= 0.6 is 0 Å². The van der Waals surface area contributed by atoms with Gasteiger partial charge in [0.05, 0.1) is 5.57 Å². The summed E-state index contributed by atoms with van der Waals surface area (Å²) in [5, 5.41) is 17.1. The van der Waals surface area contributed by atoms with E-state index in [1.807, 2.05) is 0 Å². The molecule has 1 atom stereocenters. The van der Waals surface area contributed by atoms with Crippen LogP contribution < -0.4 is 0 Å². The summed E-state index contributed by atoms with van der Waals surface area (Å²) in [7, 11) is 0. The number of carboxylic acids is 2. The molecule has 0 aliphatic carbocycles. The molecule has 0 aliphatic rings. The highest BCUT2D eigenvalue weighted by Crippen LogP contribution is 2.12. The van der Waals surface area contributed by atoms with Crippen LogP contribution in [-0.2, 0) is 9.59 Å². The van der Waals surface area contributed by atoms with Gasteiger partial charge in [-0.1, -0.05) is 12.2 Å². The summed E-state index contributed by atoms with van der Waals surface area (Å²) in [5.41, 5.74) is -0.169. The molecule has 4 nitrogen and oxygen atoms in total. The lowest BCUT2D eigenvalue weighted by molar-refractivity contribution is -0.142. The van der Waals surface area contributed by atoms with Gasteiger partial charge in [0.1, 0.15) is 5.92 Å². The minimum absolute atomic E-state index is 0.169. The first-order chi connectivity index (χ1) is 5.54. The third kappa shape index (κ3) is 2.23. The fourth-order valence-electron chi connectivity index (χ4n) is 0.797. The van der Waals surface area contributed by atoms with Crippen molar-refractivity contribution < 1.29 is 19.8 Å². The molecule has 0 aromatic heterocycles. The van der Waals surface area contributed by atoms with Crippen LogP contribution in [0.2, 0.25) is 0 Å². The van der Waals surface area contributed by atoms with Gasteiger partial charge in [0.15, 0.2) is 0 Å². The van der Waals surface area contributed by atoms with Crippen LogP contribution in [0.25, 0.3) is 0 Å². The number of hydrogen-bond acceptors (Lipinski definition) is 2. The second kappa shape index (κ2) is 4.33. The molecule has 0 aliphatic heterocycles. The molecule has 0 spiro atoms. The van der Waals surface area contributed by atoms with Crippen molar-refractivity contribution in [2.45, 2.75) is 6.92 Å². The van der Waals surface area contributed by atoms with Crippen molar-refractivity contribution in [1.82, 2.24) is 0 Å². The van der Waals surface area contributed by atoms with E-state index in [0.717, 1.165) is 6.08 Å². The van der Waals surface area contributed by atoms with Crippen LogP contribution in [0.3, 0.4) is 0 Å². The second-order valence-corrected chi connectivity index (χ2v) is 2.10. The van der Waals surface area contributed by atoms with Crippen LogP contribution in [0.5, 0.6) is 0 Å². The highest BCUT2D eigenvalue weighted by molar-refractivity contribution is 5.94. The molecule has 0 bridgehead atoms. The Hall–Kier alpha value is -1.58. The summed E-state index contributed by atoms with van der Waals surface area (Å²) >= 11 is 0. The third-order valence-electron chi connectivity index (χ3n) is 1.39. The van der Waals surface area contributed by atoms with Crippen molar-refractivity contribution >= 4 is 11.9 Å². The maximum absolute atomic E-state index is 10.5. The number of carboxylic acid groups (broad SMARTS) is 2. The Morgan fingerprint density at radius 1 is 1.42 bits per heavy atom. The molecule has 4 heteroatoms. The van der Waals surface area contributed by atoms with Crippen molar-refractivity contribution in [3.8, 4) is 0 Å². The minimum Gasteiger partial charge on any atom is -0.481 e. The van der Waals surface area contributed by atoms with Crippen molar-refractivity contribution in [2.24, 2.45) is 5.92 Å². The Kier molecular flexibility index (Phi) is 3.76. The summed E-state index contributed by atoms with van der Waals surface area (Å²) in [6, 6.07) is 0. The Balaban J connectivity index is 4.82. The van der Waals surface area contributed by atoms with Crippen molar-refractivity contribution in [1.29, 1.82) is 0 Å². The van der Waals surface area contributed by atoms with Crippen LogP contribution in [0.4, 0.5) is 0 Å². The quantitative estimate of drug-likeness (QED) is 0.485. The van der Waals surface area contributed by atoms with Gasteiger partial charge in [0, 0.05) is 0 Å². The molecule has 1 unspecified atom stereocenters. The zero-order chi connectivity index (χ0) is 9.72. The van der Waals surface area contributed by atoms with E-state index in [-0.39, 0.29) is 5.57 Å². The van der Waals surface area contributed by atoms with Crippen LogP contribution in [0.15, 0.2) is 24.3 Å². The topological polar surface area (TPSA) is 74.6 Å². The largest absolute Gasteiger partial charge is 0.481 e. The molecule has 0 heterocycles. The van der Waals surface area contributed by atoms with E-state index < -0.39 is 17.9 Å². The molecule has 0 fully saturated rings. The zero-order valence-corrected chi connectivity index (χ0v) is 6.65. The van der Waals surface area contributed by atoms with Crippen LogP contribution in [0.1, 0.15) is 6.92 Å². The Bertz CT molecular complexity index is 239. The average Bonchev–Trinajstić information content (AvgIpc) is 1.98. The molecule has 0 rings (SSSR count). The lowest BCUT2D eigenvalue weighted by Crippen LogP contribution is -2.18. The van der Waals surface area contributed by atoms with Gasteiger partial charge in [-0.15, -0.1) is 6.58 Å². The molecule has 0 aromatic rings. The van der Waals surface area contributed by atoms with E-state index in [0.29, 0.717) is 0 Å². The Labute approximate surface area is 69.8 Å². The van der Waals surface area contributed by atoms with Gasteiger partial charge in [-0.2, -0.15) is 0 Å². The second-order valence-electron chi connectivity index (χ2n) is 2.10. The van der Waals surface area contributed by atoms with Crippen molar-refractivity contribution in [2.75, 3.05) is 0 Å². The highest BCUT2D eigenvalue weighted by Gasteiger charge is 2.22. The van der Waals surface area contributed by atoms with E-state index in [2.05, 4.69) is 6.58 Å².